The molecule has 0 fully saturated rings. The number of aryl methyl sites for hydroxylation is 1. The van der Waals surface area contributed by atoms with Crippen molar-refractivity contribution in [3.8, 4) is 0 Å². The highest BCUT2D eigenvalue weighted by Crippen LogP contribution is 2.17. The average Bonchev–Trinajstić information content (AvgIpc) is 2.36. The first kappa shape index (κ1) is 20.9. The third kappa shape index (κ3) is 5.94. The summed E-state index contributed by atoms with van der Waals surface area (Å²) >= 11 is 0. The highest BCUT2D eigenvalue weighted by atomic mass is 35.5. The minimum atomic E-state index is -3.35. The van der Waals surface area contributed by atoms with Crippen molar-refractivity contribution in [3.05, 3.63) is 29.3 Å². The molecule has 126 valence electrons. The van der Waals surface area contributed by atoms with Crippen molar-refractivity contribution >= 4 is 28.2 Å². The van der Waals surface area contributed by atoms with E-state index in [1.54, 1.807) is 19.1 Å². The summed E-state index contributed by atoms with van der Waals surface area (Å²) in [7, 11) is -3.35. The third-order valence-corrected chi connectivity index (χ3v) is 4.46. The largest absolute Gasteiger partial charge is 0.348 e. The van der Waals surface area contributed by atoms with Gasteiger partial charge in [0.25, 0.3) is 5.91 Å². The molecule has 0 heterocycles. The van der Waals surface area contributed by atoms with E-state index in [2.05, 4.69) is 19.2 Å². The van der Waals surface area contributed by atoms with Crippen LogP contribution >= 0.6 is 12.4 Å². The molecule has 22 heavy (non-hydrogen) atoms. The number of hydrogen-bond donors (Lipinski definition) is 2. The van der Waals surface area contributed by atoms with Gasteiger partial charge in [0.05, 0.1) is 4.90 Å². The molecule has 0 aliphatic heterocycles. The first-order chi connectivity index (χ1) is 9.65. The van der Waals surface area contributed by atoms with Crippen LogP contribution < -0.4 is 11.1 Å². The van der Waals surface area contributed by atoms with Crippen molar-refractivity contribution in [3.63, 3.8) is 0 Å². The molecule has 0 aliphatic rings. The monoisotopic (exact) mass is 348 g/mol. The summed E-state index contributed by atoms with van der Waals surface area (Å²) in [5.74, 6) is 0.124. The molecule has 0 saturated carbocycles. The van der Waals surface area contributed by atoms with Crippen LogP contribution in [0.2, 0.25) is 0 Å². The van der Waals surface area contributed by atoms with Crippen LogP contribution in [0.15, 0.2) is 23.1 Å². The Kier molecular flexibility index (Phi) is 8.07. The zero-order valence-electron chi connectivity index (χ0n) is 13.4. The maximum Gasteiger partial charge on any atom is 0.251 e. The third-order valence-electron chi connectivity index (χ3n) is 3.23. The number of carbonyl (C=O) groups is 1. The Morgan fingerprint density at radius 1 is 1.32 bits per heavy atom. The first-order valence-corrected chi connectivity index (χ1v) is 8.86. The molecule has 0 saturated heterocycles. The zero-order valence-corrected chi connectivity index (χ0v) is 15.1. The second-order valence-corrected chi connectivity index (χ2v) is 7.77. The molecule has 1 aromatic carbocycles. The van der Waals surface area contributed by atoms with E-state index in [-0.39, 0.29) is 29.3 Å². The highest BCUT2D eigenvalue weighted by Gasteiger charge is 2.17. The molecule has 0 aromatic heterocycles. The maximum atomic E-state index is 12.2. The molecule has 3 N–H and O–H groups in total. The predicted molar refractivity (Wildman–Crippen MR) is 91.3 cm³/mol. The van der Waals surface area contributed by atoms with E-state index in [1.165, 1.54) is 6.07 Å². The van der Waals surface area contributed by atoms with Crippen LogP contribution in [0.4, 0.5) is 0 Å². The average molecular weight is 349 g/mol. The second-order valence-electron chi connectivity index (χ2n) is 5.79. The number of carbonyl (C=O) groups excluding carboxylic acids is 1. The molecule has 0 radical (unpaired) electrons. The van der Waals surface area contributed by atoms with Crippen LogP contribution in [0.1, 0.15) is 36.2 Å². The van der Waals surface area contributed by atoms with Gasteiger partial charge in [0.15, 0.2) is 9.84 Å². The fraction of sp³-hybridized carbons (Fsp3) is 0.533. The Balaban J connectivity index is 0.00000441. The van der Waals surface area contributed by atoms with E-state index in [0.29, 0.717) is 23.6 Å². The summed E-state index contributed by atoms with van der Waals surface area (Å²) in [5, 5.41) is 2.85. The minimum Gasteiger partial charge on any atom is -0.348 e. The molecule has 0 bridgehead atoms. The summed E-state index contributed by atoms with van der Waals surface area (Å²) in [6.07, 6.45) is 1.92. The lowest BCUT2D eigenvalue weighted by molar-refractivity contribution is 0.0933. The number of sulfone groups is 1. The quantitative estimate of drug-likeness (QED) is 0.822. The number of nitrogens with two attached hydrogens (primary N) is 1. The number of benzene rings is 1. The fourth-order valence-corrected chi connectivity index (χ4v) is 3.19. The van der Waals surface area contributed by atoms with Crippen LogP contribution in [0, 0.1) is 12.8 Å². The van der Waals surface area contributed by atoms with Gasteiger partial charge >= 0.3 is 0 Å². The smallest absolute Gasteiger partial charge is 0.251 e. The van der Waals surface area contributed by atoms with Gasteiger partial charge < -0.3 is 11.1 Å². The zero-order chi connectivity index (χ0) is 16.2. The topological polar surface area (TPSA) is 89.3 Å². The SMILES string of the molecule is Cc1ccc(C(=O)NC(CN)CC(C)C)cc1S(C)(=O)=O.Cl. The number of halogens is 1. The number of amides is 1. The first-order valence-electron chi connectivity index (χ1n) is 6.96. The summed E-state index contributed by atoms with van der Waals surface area (Å²) < 4.78 is 23.4. The van der Waals surface area contributed by atoms with Gasteiger partial charge in [0.2, 0.25) is 0 Å². The Bertz CT molecular complexity index is 615. The molecular formula is C15H25ClN2O3S. The lowest BCUT2D eigenvalue weighted by atomic mass is 10.0. The van der Waals surface area contributed by atoms with E-state index in [1.807, 2.05) is 0 Å². The number of nitrogens with one attached hydrogen (secondary N) is 1. The number of hydrogen-bond acceptors (Lipinski definition) is 4. The molecule has 7 heteroatoms. The molecule has 0 aliphatic carbocycles. The molecule has 1 aromatic rings. The van der Waals surface area contributed by atoms with Crippen LogP contribution in [-0.4, -0.2) is 33.2 Å². The van der Waals surface area contributed by atoms with Crippen molar-refractivity contribution in [1.29, 1.82) is 0 Å². The highest BCUT2D eigenvalue weighted by molar-refractivity contribution is 7.90. The van der Waals surface area contributed by atoms with Gasteiger partial charge in [-0.2, -0.15) is 0 Å². The van der Waals surface area contributed by atoms with Gasteiger partial charge in [-0.15, -0.1) is 12.4 Å². The van der Waals surface area contributed by atoms with Gasteiger partial charge in [0, 0.05) is 24.4 Å². The normalized spacial score (nSPS) is 12.6. The molecule has 1 atom stereocenters. The summed E-state index contributed by atoms with van der Waals surface area (Å²) in [6.45, 7) is 6.18. The van der Waals surface area contributed by atoms with Gasteiger partial charge in [0.1, 0.15) is 0 Å². The lowest BCUT2D eigenvalue weighted by Crippen LogP contribution is -2.41. The van der Waals surface area contributed by atoms with Crippen LogP contribution in [0.5, 0.6) is 0 Å². The van der Waals surface area contributed by atoms with E-state index in [9.17, 15) is 13.2 Å². The molecule has 1 rings (SSSR count). The Hall–Kier alpha value is -1.11. The van der Waals surface area contributed by atoms with Crippen molar-refractivity contribution in [2.45, 2.75) is 38.1 Å². The Morgan fingerprint density at radius 3 is 2.36 bits per heavy atom. The van der Waals surface area contributed by atoms with E-state index in [0.717, 1.165) is 12.7 Å². The van der Waals surface area contributed by atoms with Crippen molar-refractivity contribution in [2.24, 2.45) is 11.7 Å². The maximum absolute atomic E-state index is 12.2. The minimum absolute atomic E-state index is 0. The molecule has 5 nitrogen and oxygen atoms in total. The van der Waals surface area contributed by atoms with Crippen molar-refractivity contribution in [1.82, 2.24) is 5.32 Å². The molecule has 0 spiro atoms. The fourth-order valence-electron chi connectivity index (χ4n) is 2.19. The summed E-state index contributed by atoms with van der Waals surface area (Å²) in [5.41, 5.74) is 6.63. The van der Waals surface area contributed by atoms with Gasteiger partial charge in [-0.25, -0.2) is 8.42 Å². The van der Waals surface area contributed by atoms with Crippen LogP contribution in [0.25, 0.3) is 0 Å². The van der Waals surface area contributed by atoms with E-state index in [4.69, 9.17) is 5.73 Å². The number of rotatable bonds is 6. The van der Waals surface area contributed by atoms with Crippen molar-refractivity contribution < 1.29 is 13.2 Å². The standard InChI is InChI=1S/C15H24N2O3S.ClH/c1-10(2)7-13(9-16)17-15(18)12-6-5-11(3)14(8-12)21(4,19)20;/h5-6,8,10,13H,7,9,16H2,1-4H3,(H,17,18);1H. The summed E-state index contributed by atoms with van der Waals surface area (Å²) in [4.78, 5) is 12.4. The van der Waals surface area contributed by atoms with E-state index < -0.39 is 9.84 Å². The molecular weight excluding hydrogens is 324 g/mol. The van der Waals surface area contributed by atoms with Gasteiger partial charge in [-0.1, -0.05) is 19.9 Å². The Morgan fingerprint density at radius 2 is 1.91 bits per heavy atom. The second kappa shape index (κ2) is 8.50. The predicted octanol–water partition coefficient (Wildman–Crippen LogP) is 1.92. The molecule has 1 amide bonds. The molecule has 1 unspecified atom stereocenters. The summed E-state index contributed by atoms with van der Waals surface area (Å²) in [6, 6.07) is 4.58. The van der Waals surface area contributed by atoms with Crippen LogP contribution in [-0.2, 0) is 9.84 Å². The van der Waals surface area contributed by atoms with Crippen LogP contribution in [0.3, 0.4) is 0 Å². The van der Waals surface area contributed by atoms with E-state index >= 15 is 0 Å². The lowest BCUT2D eigenvalue weighted by Gasteiger charge is -2.19. The Labute approximate surface area is 139 Å². The van der Waals surface area contributed by atoms with Gasteiger partial charge in [-0.3, -0.25) is 4.79 Å². The van der Waals surface area contributed by atoms with Gasteiger partial charge in [-0.05, 0) is 37.0 Å². The van der Waals surface area contributed by atoms with Crippen molar-refractivity contribution in [2.75, 3.05) is 12.8 Å².